The first kappa shape index (κ1) is 45.5. The predicted molar refractivity (Wildman–Crippen MR) is 207 cm³/mol. The lowest BCUT2D eigenvalue weighted by Crippen LogP contribution is -2.45. The second kappa shape index (κ2) is 18.2. The summed E-state index contributed by atoms with van der Waals surface area (Å²) in [5.74, 6) is -1.02. The topological polar surface area (TPSA) is 200 Å². The number of amides is 2. The van der Waals surface area contributed by atoms with Gasteiger partial charge in [0.05, 0.1) is 11.9 Å². The average Bonchev–Trinajstić information content (AvgIpc) is 3.33. The minimum absolute atomic E-state index is 0.124. The van der Waals surface area contributed by atoms with Crippen molar-refractivity contribution in [3.05, 3.63) is 53.1 Å². The monoisotopic (exact) mass is 842 g/mol. The van der Waals surface area contributed by atoms with Crippen LogP contribution in [-0.4, -0.2) is 86.9 Å². The molecule has 0 bridgehead atoms. The Morgan fingerprint density at radius 2 is 1.51 bits per heavy atom. The summed E-state index contributed by atoms with van der Waals surface area (Å²) in [7, 11) is -4.45. The van der Waals surface area contributed by atoms with Crippen LogP contribution in [0.15, 0.2) is 47.4 Å². The third-order valence-corrected chi connectivity index (χ3v) is 10.9. The Bertz CT molecular complexity index is 1830. The second-order valence-electron chi connectivity index (χ2n) is 16.4. The molecule has 1 aromatic carbocycles. The number of carbonyl (C=O) groups is 4. The molecule has 2 aliphatic rings. The van der Waals surface area contributed by atoms with Gasteiger partial charge in [0.1, 0.15) is 40.1 Å². The highest BCUT2D eigenvalue weighted by Gasteiger charge is 2.50. The van der Waals surface area contributed by atoms with Crippen LogP contribution >= 0.6 is 19.5 Å². The Hall–Kier alpha value is -4.19. The van der Waals surface area contributed by atoms with E-state index in [4.69, 9.17) is 32.7 Å². The van der Waals surface area contributed by atoms with Gasteiger partial charge in [-0.25, -0.2) is 28.1 Å². The van der Waals surface area contributed by atoms with E-state index in [0.717, 1.165) is 35.0 Å². The van der Waals surface area contributed by atoms with E-state index in [1.54, 1.807) is 80.5 Å². The van der Waals surface area contributed by atoms with E-state index in [9.17, 15) is 28.5 Å². The molecular formula is C37H52FN4O13PS. The Labute approximate surface area is 335 Å². The minimum atomic E-state index is -4.45. The number of para-hydroxylation sites is 1. The lowest BCUT2D eigenvalue weighted by atomic mass is 9.96. The van der Waals surface area contributed by atoms with Crippen molar-refractivity contribution in [2.75, 3.05) is 11.5 Å². The van der Waals surface area contributed by atoms with Gasteiger partial charge in [-0.3, -0.25) is 13.9 Å². The van der Waals surface area contributed by atoms with Gasteiger partial charge in [0, 0.05) is 6.20 Å². The van der Waals surface area contributed by atoms with Crippen molar-refractivity contribution in [1.29, 1.82) is 0 Å². The third-order valence-electron chi connectivity index (χ3n) is 7.78. The highest BCUT2D eigenvalue weighted by molar-refractivity contribution is 8.00. The summed E-state index contributed by atoms with van der Waals surface area (Å²) in [5, 5.41) is -0.00374. The first-order chi connectivity index (χ1) is 26.3. The molecule has 1 N–H and O–H groups in total. The molecule has 0 radical (unpaired) electrons. The number of nitrogens with one attached hydrogen (secondary N) is 1. The van der Waals surface area contributed by atoms with E-state index in [1.807, 2.05) is 0 Å². The molecule has 2 amide bonds. The summed E-state index contributed by atoms with van der Waals surface area (Å²) in [4.78, 5) is 69.9. The fraction of sp³-hybridized carbons (Fsp3) is 0.622. The molecule has 2 unspecified atom stereocenters. The van der Waals surface area contributed by atoms with Gasteiger partial charge in [-0.1, -0.05) is 18.2 Å². The maximum Gasteiger partial charge on any atom is 0.509 e. The Kier molecular flexibility index (Phi) is 14.5. The number of esters is 1. The maximum absolute atomic E-state index is 16.6. The van der Waals surface area contributed by atoms with Crippen molar-refractivity contribution >= 4 is 49.6 Å². The summed E-state index contributed by atoms with van der Waals surface area (Å²) >= 11 is 0.785. The number of imide groups is 1. The molecule has 2 aromatic rings. The number of rotatable bonds is 12. The molecule has 2 heterocycles. The summed E-state index contributed by atoms with van der Waals surface area (Å²) in [5.41, 5.74) is -4.20. The molecule has 2 fully saturated rings. The van der Waals surface area contributed by atoms with Crippen molar-refractivity contribution < 1.29 is 60.9 Å². The van der Waals surface area contributed by atoms with E-state index >= 15 is 4.39 Å². The normalized spacial score (nSPS) is 21.6. The van der Waals surface area contributed by atoms with Crippen molar-refractivity contribution in [2.45, 2.75) is 140 Å². The smallest absolute Gasteiger partial charge is 0.461 e. The molecule has 57 heavy (non-hydrogen) atoms. The Morgan fingerprint density at radius 1 is 0.930 bits per heavy atom. The first-order valence-electron chi connectivity index (χ1n) is 18.3. The van der Waals surface area contributed by atoms with Crippen LogP contribution < -0.4 is 20.2 Å². The number of nitrogens with zero attached hydrogens (tertiary/aromatic N) is 3. The molecule has 4 rings (SSSR count). The lowest BCUT2D eigenvalue weighted by Gasteiger charge is -2.28. The number of hydrogen-bond acceptors (Lipinski definition) is 15. The van der Waals surface area contributed by atoms with Crippen molar-refractivity contribution in [2.24, 2.45) is 0 Å². The first-order valence-corrected chi connectivity index (χ1v) is 20.8. The maximum atomic E-state index is 16.6. The molecule has 316 valence electrons. The Balaban J connectivity index is 1.64. The highest BCUT2D eigenvalue weighted by atomic mass is 32.2. The number of halogens is 1. The predicted octanol–water partition coefficient (Wildman–Crippen LogP) is 7.47. The van der Waals surface area contributed by atoms with Crippen molar-refractivity contribution in [3.8, 4) is 5.75 Å². The number of anilines is 1. The van der Waals surface area contributed by atoms with Gasteiger partial charge >= 0.3 is 37.7 Å². The molecule has 20 heteroatoms. The van der Waals surface area contributed by atoms with Crippen molar-refractivity contribution in [1.82, 2.24) is 14.6 Å². The number of ether oxygens (including phenoxy) is 5. The SMILES string of the molecule is CC(NP(=O)(OC[C@H]1S[C@@H](n2ccc(N(C(=O)OC(C)(C)C)C(=O)OC(C)(C)C)nc2=O)[C@@H](F)[C@@H]1OC(=O)OC(C)(C)C)Oc1ccccc1)C(=O)OC1CCC1. The van der Waals surface area contributed by atoms with Gasteiger partial charge < -0.3 is 28.2 Å². The zero-order valence-corrected chi connectivity index (χ0v) is 35.4. The molecule has 1 saturated heterocycles. The number of carbonyl (C=O) groups excluding carboxylic acids is 4. The van der Waals surface area contributed by atoms with Gasteiger partial charge in [0.2, 0.25) is 0 Å². The van der Waals surface area contributed by atoms with E-state index in [-0.39, 0.29) is 11.9 Å². The Morgan fingerprint density at radius 3 is 2.02 bits per heavy atom. The van der Waals surface area contributed by atoms with E-state index in [2.05, 4.69) is 10.1 Å². The lowest BCUT2D eigenvalue weighted by molar-refractivity contribution is -0.154. The van der Waals surface area contributed by atoms with Crippen LogP contribution in [-0.2, 0) is 37.6 Å². The van der Waals surface area contributed by atoms with Crippen LogP contribution in [0.1, 0.15) is 93.9 Å². The number of alkyl halides is 1. The summed E-state index contributed by atoms with van der Waals surface area (Å²) in [6, 6.07) is 7.94. The second-order valence-corrected chi connectivity index (χ2v) is 19.4. The van der Waals surface area contributed by atoms with Crippen LogP contribution in [0.2, 0.25) is 0 Å². The van der Waals surface area contributed by atoms with E-state index in [1.165, 1.54) is 19.1 Å². The fourth-order valence-corrected chi connectivity index (χ4v) is 8.18. The quantitative estimate of drug-likeness (QED) is 0.125. The largest absolute Gasteiger partial charge is 0.509 e. The molecule has 1 saturated carbocycles. The fourth-order valence-electron chi connectivity index (χ4n) is 5.10. The molecule has 1 aliphatic heterocycles. The molecule has 1 aromatic heterocycles. The van der Waals surface area contributed by atoms with E-state index in [0.29, 0.717) is 17.7 Å². The molecule has 6 atom stereocenters. The van der Waals surface area contributed by atoms with Crippen LogP contribution in [0.25, 0.3) is 0 Å². The highest BCUT2D eigenvalue weighted by Crippen LogP contribution is 2.50. The number of hydrogen-bond donors (Lipinski definition) is 1. The van der Waals surface area contributed by atoms with Gasteiger partial charge in [-0.2, -0.15) is 15.0 Å². The number of benzene rings is 1. The zero-order valence-electron chi connectivity index (χ0n) is 33.7. The number of thioether (sulfide) groups is 1. The minimum Gasteiger partial charge on any atom is -0.461 e. The zero-order chi connectivity index (χ0) is 42.5. The third kappa shape index (κ3) is 13.4. The summed E-state index contributed by atoms with van der Waals surface area (Å²) < 4.78 is 70.2. The van der Waals surface area contributed by atoms with Crippen LogP contribution in [0.4, 0.5) is 24.6 Å². The van der Waals surface area contributed by atoms with Gasteiger partial charge in [0.25, 0.3) is 0 Å². The average molecular weight is 843 g/mol. The molecule has 17 nitrogen and oxygen atoms in total. The van der Waals surface area contributed by atoms with E-state index < -0.39 is 95.9 Å². The molecule has 0 spiro atoms. The van der Waals surface area contributed by atoms with Crippen LogP contribution in [0, 0.1) is 0 Å². The standard InChI is InChI=1S/C37H52FN4O13PS/c1-22(30(43)50-23-17-14-18-23)40-56(48,55-24-15-12-11-13-16-24)49-21-25-28(51-34(47)54-37(8,9)10)27(38)29(57-25)41-20-19-26(39-31(41)44)42(32(45)52-35(2,3)4)33(46)53-36(5,6)7/h11-13,15-16,19-20,22-23,25,27-29H,14,17-18,21H2,1-10H3,(H,40,48)/t22?,25-,27+,28-,29-,56?/m1/s1. The van der Waals surface area contributed by atoms with Crippen LogP contribution in [0.5, 0.6) is 5.75 Å². The summed E-state index contributed by atoms with van der Waals surface area (Å²) in [6.07, 6.45) is -4.14. The molecular weight excluding hydrogens is 790 g/mol. The van der Waals surface area contributed by atoms with Crippen molar-refractivity contribution in [3.63, 3.8) is 0 Å². The van der Waals surface area contributed by atoms with Gasteiger partial charge in [-0.05, 0) is 107 Å². The summed E-state index contributed by atoms with van der Waals surface area (Å²) in [6.45, 7) is 15.0. The number of aromatic nitrogens is 2. The van der Waals surface area contributed by atoms with Gasteiger partial charge in [0.15, 0.2) is 18.1 Å². The van der Waals surface area contributed by atoms with Gasteiger partial charge in [-0.15, -0.1) is 11.8 Å². The molecule has 1 aliphatic carbocycles. The van der Waals surface area contributed by atoms with Crippen LogP contribution in [0.3, 0.4) is 0 Å².